The molecule has 1 heterocycles. The molecule has 0 fully saturated rings. The molecule has 0 saturated carbocycles. The summed E-state index contributed by atoms with van der Waals surface area (Å²) < 4.78 is 13.7. The molecule has 1 aromatic heterocycles. The van der Waals surface area contributed by atoms with E-state index in [1.54, 1.807) is 18.3 Å². The number of benzene rings is 2. The van der Waals surface area contributed by atoms with E-state index in [-0.39, 0.29) is 11.3 Å². The third-order valence-corrected chi connectivity index (χ3v) is 3.16. The van der Waals surface area contributed by atoms with Crippen LogP contribution in [0.1, 0.15) is 15.9 Å². The van der Waals surface area contributed by atoms with Gasteiger partial charge in [-0.3, -0.25) is 4.79 Å². The second-order valence-corrected chi connectivity index (χ2v) is 4.54. The van der Waals surface area contributed by atoms with Crippen molar-refractivity contribution in [1.82, 2.24) is 4.98 Å². The molecule has 2 N–H and O–H groups in total. The summed E-state index contributed by atoms with van der Waals surface area (Å²) in [6.07, 6.45) is 1.78. The zero-order valence-corrected chi connectivity index (χ0v) is 10.9. The van der Waals surface area contributed by atoms with Crippen LogP contribution in [-0.4, -0.2) is 10.9 Å². The van der Waals surface area contributed by atoms with Crippen LogP contribution >= 0.6 is 0 Å². The lowest BCUT2D eigenvalue weighted by atomic mass is 10.1. The van der Waals surface area contributed by atoms with E-state index in [0.29, 0.717) is 5.56 Å². The largest absolute Gasteiger partial charge is 0.361 e. The summed E-state index contributed by atoms with van der Waals surface area (Å²) in [4.78, 5) is 15.1. The number of aromatic amines is 1. The first kappa shape index (κ1) is 12.9. The minimum atomic E-state index is -0.636. The van der Waals surface area contributed by atoms with Gasteiger partial charge >= 0.3 is 0 Å². The number of rotatable bonds is 2. The summed E-state index contributed by atoms with van der Waals surface area (Å²) in [7, 11) is 0. The maximum absolute atomic E-state index is 13.7. The standard InChI is InChI=1S/C16H10FN3O/c17-13-7-10(9-18)1-4-14(13)20-16(21)12-3-2-11-5-6-19-15(11)8-12/h1-8,19H,(H,20,21). The Labute approximate surface area is 119 Å². The van der Waals surface area contributed by atoms with Gasteiger partial charge in [0.15, 0.2) is 0 Å². The highest BCUT2D eigenvalue weighted by atomic mass is 19.1. The van der Waals surface area contributed by atoms with Gasteiger partial charge in [0.05, 0.1) is 17.3 Å². The Bertz CT molecular complexity index is 877. The minimum absolute atomic E-state index is 0.0468. The van der Waals surface area contributed by atoms with Gasteiger partial charge in [-0.15, -0.1) is 0 Å². The molecule has 0 aliphatic rings. The normalized spacial score (nSPS) is 10.3. The Morgan fingerprint density at radius 1 is 1.19 bits per heavy atom. The molecule has 102 valence electrons. The molecular weight excluding hydrogens is 269 g/mol. The smallest absolute Gasteiger partial charge is 0.255 e. The van der Waals surface area contributed by atoms with Crippen LogP contribution in [0.5, 0.6) is 0 Å². The van der Waals surface area contributed by atoms with Crippen LogP contribution < -0.4 is 5.32 Å². The van der Waals surface area contributed by atoms with E-state index in [1.165, 1.54) is 12.1 Å². The second-order valence-electron chi connectivity index (χ2n) is 4.54. The molecule has 5 heteroatoms. The van der Waals surface area contributed by atoms with Crippen molar-refractivity contribution in [2.24, 2.45) is 0 Å². The van der Waals surface area contributed by atoms with Crippen LogP contribution in [0, 0.1) is 17.1 Å². The number of amides is 1. The monoisotopic (exact) mass is 279 g/mol. The van der Waals surface area contributed by atoms with Crippen LogP contribution in [0.3, 0.4) is 0 Å². The molecule has 0 atom stereocenters. The lowest BCUT2D eigenvalue weighted by Crippen LogP contribution is -2.13. The predicted molar refractivity (Wildman–Crippen MR) is 77.4 cm³/mol. The maximum atomic E-state index is 13.7. The molecule has 0 aliphatic heterocycles. The molecule has 4 nitrogen and oxygen atoms in total. The average molecular weight is 279 g/mol. The van der Waals surface area contributed by atoms with Crippen LogP contribution in [-0.2, 0) is 0 Å². The van der Waals surface area contributed by atoms with Gasteiger partial charge in [0, 0.05) is 17.3 Å². The van der Waals surface area contributed by atoms with E-state index in [4.69, 9.17) is 5.26 Å². The molecule has 3 aromatic rings. The van der Waals surface area contributed by atoms with E-state index in [9.17, 15) is 9.18 Å². The Balaban J connectivity index is 1.87. The Kier molecular flexibility index (Phi) is 3.13. The first-order chi connectivity index (χ1) is 10.2. The molecule has 2 aromatic carbocycles. The van der Waals surface area contributed by atoms with Gasteiger partial charge in [0.1, 0.15) is 5.82 Å². The third kappa shape index (κ3) is 2.47. The van der Waals surface area contributed by atoms with Crippen molar-refractivity contribution in [2.45, 2.75) is 0 Å². The summed E-state index contributed by atoms with van der Waals surface area (Å²) >= 11 is 0. The SMILES string of the molecule is N#Cc1ccc(NC(=O)c2ccc3cc[nH]c3c2)c(F)c1. The number of H-pyrrole nitrogens is 1. The van der Waals surface area contributed by atoms with E-state index >= 15 is 0 Å². The number of fused-ring (bicyclic) bond motifs is 1. The zero-order chi connectivity index (χ0) is 14.8. The van der Waals surface area contributed by atoms with Gasteiger partial charge in [-0.2, -0.15) is 5.26 Å². The number of hydrogen-bond donors (Lipinski definition) is 2. The van der Waals surface area contributed by atoms with Crippen molar-refractivity contribution >= 4 is 22.5 Å². The fourth-order valence-electron chi connectivity index (χ4n) is 2.07. The zero-order valence-electron chi connectivity index (χ0n) is 10.9. The predicted octanol–water partition coefficient (Wildman–Crippen LogP) is 3.43. The number of aromatic nitrogens is 1. The van der Waals surface area contributed by atoms with Gasteiger partial charge in [0.2, 0.25) is 0 Å². The van der Waals surface area contributed by atoms with Gasteiger partial charge in [-0.1, -0.05) is 6.07 Å². The Morgan fingerprint density at radius 2 is 2.05 bits per heavy atom. The van der Waals surface area contributed by atoms with E-state index in [1.807, 2.05) is 18.2 Å². The molecule has 21 heavy (non-hydrogen) atoms. The van der Waals surface area contributed by atoms with Crippen molar-refractivity contribution in [1.29, 1.82) is 5.26 Å². The molecule has 0 aliphatic carbocycles. The molecule has 3 rings (SSSR count). The van der Waals surface area contributed by atoms with Crippen molar-refractivity contribution in [3.8, 4) is 6.07 Å². The van der Waals surface area contributed by atoms with Gasteiger partial charge in [0.25, 0.3) is 5.91 Å². The molecule has 1 amide bonds. The molecule has 0 saturated heterocycles. The first-order valence-electron chi connectivity index (χ1n) is 6.25. The van der Waals surface area contributed by atoms with Crippen molar-refractivity contribution in [3.63, 3.8) is 0 Å². The third-order valence-electron chi connectivity index (χ3n) is 3.16. The topological polar surface area (TPSA) is 68.7 Å². The fraction of sp³-hybridized carbons (Fsp3) is 0. The minimum Gasteiger partial charge on any atom is -0.361 e. The number of nitrogens with zero attached hydrogens (tertiary/aromatic N) is 1. The van der Waals surface area contributed by atoms with E-state index < -0.39 is 11.7 Å². The molecule has 0 spiro atoms. The van der Waals surface area contributed by atoms with E-state index in [0.717, 1.165) is 17.0 Å². The highest BCUT2D eigenvalue weighted by molar-refractivity contribution is 6.06. The fourth-order valence-corrected chi connectivity index (χ4v) is 2.07. The second kappa shape index (κ2) is 5.10. The maximum Gasteiger partial charge on any atom is 0.255 e. The molecule has 0 bridgehead atoms. The van der Waals surface area contributed by atoms with E-state index in [2.05, 4.69) is 10.3 Å². The van der Waals surface area contributed by atoms with Gasteiger partial charge in [-0.25, -0.2) is 4.39 Å². The Hall–Kier alpha value is -3.13. The Morgan fingerprint density at radius 3 is 2.81 bits per heavy atom. The molecule has 0 unspecified atom stereocenters. The van der Waals surface area contributed by atoms with Crippen LogP contribution in [0.2, 0.25) is 0 Å². The number of carbonyl (C=O) groups is 1. The van der Waals surface area contributed by atoms with Crippen molar-refractivity contribution < 1.29 is 9.18 Å². The molecular formula is C16H10FN3O. The average Bonchev–Trinajstić information content (AvgIpc) is 2.96. The highest BCUT2D eigenvalue weighted by Gasteiger charge is 2.10. The molecule has 0 radical (unpaired) electrons. The van der Waals surface area contributed by atoms with Crippen LogP contribution in [0.15, 0.2) is 48.7 Å². The number of nitriles is 1. The summed E-state index contributed by atoms with van der Waals surface area (Å²) in [5.74, 6) is -1.04. The number of carbonyl (C=O) groups excluding carboxylic acids is 1. The van der Waals surface area contributed by atoms with Crippen LogP contribution in [0.4, 0.5) is 10.1 Å². The van der Waals surface area contributed by atoms with Gasteiger partial charge < -0.3 is 10.3 Å². The highest BCUT2D eigenvalue weighted by Crippen LogP contribution is 2.18. The number of halogens is 1. The lowest BCUT2D eigenvalue weighted by Gasteiger charge is -2.06. The number of anilines is 1. The van der Waals surface area contributed by atoms with Crippen molar-refractivity contribution in [3.05, 3.63) is 65.6 Å². The number of nitrogens with one attached hydrogen (secondary N) is 2. The van der Waals surface area contributed by atoms with Gasteiger partial charge in [-0.05, 0) is 41.8 Å². The summed E-state index contributed by atoms with van der Waals surface area (Å²) in [6.45, 7) is 0. The summed E-state index contributed by atoms with van der Waals surface area (Å²) in [5, 5.41) is 12.2. The van der Waals surface area contributed by atoms with Crippen LogP contribution in [0.25, 0.3) is 10.9 Å². The first-order valence-corrected chi connectivity index (χ1v) is 6.25. The summed E-state index contributed by atoms with van der Waals surface area (Å²) in [6, 6.07) is 12.8. The van der Waals surface area contributed by atoms with Crippen molar-refractivity contribution in [2.75, 3.05) is 5.32 Å². The summed E-state index contributed by atoms with van der Waals surface area (Å²) in [5.41, 5.74) is 1.51. The lowest BCUT2D eigenvalue weighted by molar-refractivity contribution is 0.102. The number of hydrogen-bond acceptors (Lipinski definition) is 2. The quantitative estimate of drug-likeness (QED) is 0.754.